The van der Waals surface area contributed by atoms with Crippen molar-refractivity contribution in [1.82, 2.24) is 9.97 Å². The minimum atomic E-state index is -0.588. The number of H-pyrrole nitrogens is 2. The molecule has 2 aromatic rings. The molecule has 0 saturated carbocycles. The monoisotopic (exact) mass is 210 g/mol. The first-order valence-electron chi connectivity index (χ1n) is 4.33. The molecule has 14 heavy (non-hydrogen) atoms. The molecule has 0 saturated heterocycles. The van der Waals surface area contributed by atoms with E-state index < -0.39 is 11.1 Å². The van der Waals surface area contributed by atoms with Crippen molar-refractivity contribution in [2.75, 3.05) is 0 Å². The van der Waals surface area contributed by atoms with Crippen LogP contribution >= 0.6 is 11.3 Å². The van der Waals surface area contributed by atoms with E-state index in [0.29, 0.717) is 5.92 Å². The van der Waals surface area contributed by atoms with E-state index in [2.05, 4.69) is 9.97 Å². The first kappa shape index (κ1) is 9.21. The molecule has 0 atom stereocenters. The van der Waals surface area contributed by atoms with Crippen molar-refractivity contribution < 1.29 is 0 Å². The number of aromatic amines is 2. The summed E-state index contributed by atoms with van der Waals surface area (Å²) in [7, 11) is 0. The van der Waals surface area contributed by atoms with E-state index in [-0.39, 0.29) is 0 Å². The van der Waals surface area contributed by atoms with Crippen LogP contribution in [0, 0.1) is 0 Å². The molecule has 2 rings (SSSR count). The molecule has 5 heteroatoms. The molecular formula is C9H10N2O2S. The first-order valence-corrected chi connectivity index (χ1v) is 5.21. The summed E-state index contributed by atoms with van der Waals surface area (Å²) >= 11 is 1.44. The zero-order valence-corrected chi connectivity index (χ0v) is 8.70. The Morgan fingerprint density at radius 1 is 1.21 bits per heavy atom. The molecule has 74 valence electrons. The van der Waals surface area contributed by atoms with Gasteiger partial charge in [0.15, 0.2) is 0 Å². The van der Waals surface area contributed by atoms with Gasteiger partial charge in [-0.05, 0) is 16.9 Å². The van der Waals surface area contributed by atoms with Crippen LogP contribution in [0.4, 0.5) is 0 Å². The summed E-state index contributed by atoms with van der Waals surface area (Å²) in [5.74, 6) is 0.338. The quantitative estimate of drug-likeness (QED) is 0.699. The molecule has 0 spiro atoms. The third kappa shape index (κ3) is 1.29. The summed E-state index contributed by atoms with van der Waals surface area (Å²) in [6.45, 7) is 4.09. The Kier molecular flexibility index (Phi) is 2.03. The van der Waals surface area contributed by atoms with Crippen LogP contribution < -0.4 is 11.1 Å². The number of thiophene rings is 1. The van der Waals surface area contributed by atoms with Crippen molar-refractivity contribution in [3.63, 3.8) is 0 Å². The lowest BCUT2D eigenvalue weighted by Gasteiger charge is -2.00. The van der Waals surface area contributed by atoms with Crippen molar-refractivity contribution >= 4 is 21.7 Å². The highest BCUT2D eigenvalue weighted by Crippen LogP contribution is 2.26. The summed E-state index contributed by atoms with van der Waals surface area (Å²) in [5, 5.41) is 1.96. The van der Waals surface area contributed by atoms with Gasteiger partial charge in [0.2, 0.25) is 0 Å². The van der Waals surface area contributed by atoms with Crippen LogP contribution in [0.5, 0.6) is 0 Å². The van der Waals surface area contributed by atoms with Gasteiger partial charge in [-0.25, -0.2) is 0 Å². The van der Waals surface area contributed by atoms with Crippen LogP contribution in [0.2, 0.25) is 0 Å². The molecule has 0 aliphatic heterocycles. The van der Waals surface area contributed by atoms with Crippen LogP contribution in [0.15, 0.2) is 15.0 Å². The van der Waals surface area contributed by atoms with E-state index in [1.807, 2.05) is 19.2 Å². The van der Waals surface area contributed by atoms with Crippen LogP contribution in [-0.2, 0) is 0 Å². The van der Waals surface area contributed by atoms with Crippen LogP contribution in [0.3, 0.4) is 0 Å². The molecule has 0 unspecified atom stereocenters. The van der Waals surface area contributed by atoms with E-state index in [0.717, 1.165) is 15.9 Å². The average molecular weight is 210 g/mol. The van der Waals surface area contributed by atoms with Crippen molar-refractivity contribution in [3.05, 3.63) is 31.7 Å². The standard InChI is InChI=1S/C9H10N2O2S/c1-4(2)5-3-14-9-6(5)10-7(12)8(13)11-9/h3-4H,1-2H3,(H,10,12)(H,11,13). The van der Waals surface area contributed by atoms with Gasteiger partial charge in [-0.15, -0.1) is 11.3 Å². The Balaban J connectivity index is 2.87. The highest BCUT2D eigenvalue weighted by molar-refractivity contribution is 7.16. The van der Waals surface area contributed by atoms with Crippen molar-refractivity contribution in [2.24, 2.45) is 0 Å². The van der Waals surface area contributed by atoms with Gasteiger partial charge in [0.05, 0.1) is 5.52 Å². The van der Waals surface area contributed by atoms with Crippen molar-refractivity contribution in [3.8, 4) is 0 Å². The van der Waals surface area contributed by atoms with Crippen LogP contribution in [0.1, 0.15) is 25.3 Å². The van der Waals surface area contributed by atoms with Gasteiger partial charge in [-0.2, -0.15) is 0 Å². The van der Waals surface area contributed by atoms with Gasteiger partial charge in [-0.3, -0.25) is 9.59 Å². The van der Waals surface area contributed by atoms with E-state index in [4.69, 9.17) is 0 Å². The van der Waals surface area contributed by atoms with Crippen molar-refractivity contribution in [1.29, 1.82) is 0 Å². The molecule has 4 nitrogen and oxygen atoms in total. The third-order valence-electron chi connectivity index (χ3n) is 2.11. The molecule has 2 N–H and O–H groups in total. The smallest absolute Gasteiger partial charge is 0.314 e. The molecule has 0 aliphatic rings. The minimum absolute atomic E-state index is 0.338. The topological polar surface area (TPSA) is 65.7 Å². The first-order chi connectivity index (χ1) is 6.59. The normalized spacial score (nSPS) is 11.4. The number of hydrogen-bond acceptors (Lipinski definition) is 3. The molecule has 0 bridgehead atoms. The highest BCUT2D eigenvalue weighted by atomic mass is 32.1. The average Bonchev–Trinajstić information content (AvgIpc) is 2.48. The highest BCUT2D eigenvalue weighted by Gasteiger charge is 2.09. The zero-order valence-electron chi connectivity index (χ0n) is 7.88. The van der Waals surface area contributed by atoms with Crippen molar-refractivity contribution in [2.45, 2.75) is 19.8 Å². The lowest BCUT2D eigenvalue weighted by molar-refractivity contribution is 0.875. The second-order valence-electron chi connectivity index (χ2n) is 3.46. The Morgan fingerprint density at radius 2 is 1.86 bits per heavy atom. The maximum atomic E-state index is 11.1. The number of rotatable bonds is 1. The largest absolute Gasteiger partial charge is 0.315 e. The summed E-state index contributed by atoms with van der Waals surface area (Å²) in [6, 6.07) is 0. The molecule has 2 aromatic heterocycles. The van der Waals surface area contributed by atoms with E-state index in [1.165, 1.54) is 11.3 Å². The second kappa shape index (κ2) is 3.09. The fraction of sp³-hybridized carbons (Fsp3) is 0.333. The molecule has 0 aliphatic carbocycles. The lowest BCUT2D eigenvalue weighted by atomic mass is 10.1. The minimum Gasteiger partial charge on any atom is -0.315 e. The fourth-order valence-corrected chi connectivity index (χ4v) is 2.42. The summed E-state index contributed by atoms with van der Waals surface area (Å²) in [4.78, 5) is 28.0. The molecular weight excluding hydrogens is 200 g/mol. The molecule has 2 heterocycles. The van der Waals surface area contributed by atoms with Gasteiger partial charge in [0.1, 0.15) is 4.83 Å². The number of aromatic nitrogens is 2. The predicted molar refractivity (Wildman–Crippen MR) is 57.2 cm³/mol. The zero-order chi connectivity index (χ0) is 10.3. The summed E-state index contributed by atoms with van der Waals surface area (Å²) in [6.07, 6.45) is 0. The second-order valence-corrected chi connectivity index (χ2v) is 4.34. The van der Waals surface area contributed by atoms with Crippen LogP contribution in [-0.4, -0.2) is 9.97 Å². The van der Waals surface area contributed by atoms with Gasteiger partial charge in [0.25, 0.3) is 0 Å². The Bertz CT molecular complexity index is 576. The number of nitrogens with one attached hydrogen (secondary N) is 2. The fourth-order valence-electron chi connectivity index (χ4n) is 1.35. The Morgan fingerprint density at radius 3 is 2.50 bits per heavy atom. The summed E-state index contributed by atoms with van der Waals surface area (Å²) < 4.78 is 0. The Hall–Kier alpha value is -1.36. The summed E-state index contributed by atoms with van der Waals surface area (Å²) in [5.41, 5.74) is 0.653. The molecule has 0 fully saturated rings. The Labute approximate surface area is 83.6 Å². The van der Waals surface area contributed by atoms with Gasteiger partial charge >= 0.3 is 11.1 Å². The maximum absolute atomic E-state index is 11.1. The predicted octanol–water partition coefficient (Wildman–Crippen LogP) is 1.40. The molecule has 0 radical (unpaired) electrons. The van der Waals surface area contributed by atoms with E-state index in [1.54, 1.807) is 0 Å². The van der Waals surface area contributed by atoms with E-state index >= 15 is 0 Å². The molecule has 0 aromatic carbocycles. The number of hydrogen-bond donors (Lipinski definition) is 2. The SMILES string of the molecule is CC(C)c1csc2[nH]c(=O)c(=O)[nH]c12. The van der Waals surface area contributed by atoms with Gasteiger partial charge in [-0.1, -0.05) is 13.8 Å². The van der Waals surface area contributed by atoms with Gasteiger partial charge < -0.3 is 9.97 Å². The van der Waals surface area contributed by atoms with E-state index in [9.17, 15) is 9.59 Å². The number of fused-ring (bicyclic) bond motifs is 1. The van der Waals surface area contributed by atoms with Gasteiger partial charge in [0, 0.05) is 0 Å². The van der Waals surface area contributed by atoms with Crippen LogP contribution in [0.25, 0.3) is 10.3 Å². The maximum Gasteiger partial charge on any atom is 0.314 e. The molecule has 0 amide bonds. The third-order valence-corrected chi connectivity index (χ3v) is 3.03. The lowest BCUT2D eigenvalue weighted by Crippen LogP contribution is -2.28.